The third-order valence-corrected chi connectivity index (χ3v) is 7.61. The van der Waals surface area contributed by atoms with Gasteiger partial charge < -0.3 is 0 Å². The maximum absolute atomic E-state index is 11.2. The number of thioether (sulfide) groups is 1. The highest BCUT2D eigenvalue weighted by atomic mass is 32.2. The van der Waals surface area contributed by atoms with E-state index in [1.54, 1.807) is 23.9 Å². The normalized spacial score (nSPS) is 18.6. The Labute approximate surface area is 212 Å². The van der Waals surface area contributed by atoms with Gasteiger partial charge in [-0.3, -0.25) is 10.1 Å². The highest BCUT2D eigenvalue weighted by Crippen LogP contribution is 2.55. The number of benzene rings is 4. The van der Waals surface area contributed by atoms with Crippen molar-refractivity contribution < 1.29 is 4.92 Å². The molecule has 2 aliphatic heterocycles. The lowest BCUT2D eigenvalue weighted by Crippen LogP contribution is -2.53. The van der Waals surface area contributed by atoms with Crippen molar-refractivity contribution in [3.05, 3.63) is 136 Å². The van der Waals surface area contributed by atoms with E-state index in [4.69, 9.17) is 10.2 Å². The molecule has 2 aliphatic rings. The zero-order valence-electron chi connectivity index (χ0n) is 19.4. The van der Waals surface area contributed by atoms with Crippen molar-refractivity contribution >= 4 is 39.6 Å². The Hall–Kier alpha value is -4.43. The van der Waals surface area contributed by atoms with Crippen molar-refractivity contribution in [2.45, 2.75) is 11.9 Å². The number of non-ortho nitro benzene ring substituents is 1. The fourth-order valence-electron chi connectivity index (χ4n) is 4.57. The van der Waals surface area contributed by atoms with Crippen molar-refractivity contribution in [1.82, 2.24) is 0 Å². The highest BCUT2D eigenvalue weighted by Gasteiger charge is 2.54. The van der Waals surface area contributed by atoms with Gasteiger partial charge in [-0.05, 0) is 55.1 Å². The van der Waals surface area contributed by atoms with Crippen LogP contribution in [0.5, 0.6) is 0 Å². The topological polar surface area (TPSA) is 74.3 Å². The summed E-state index contributed by atoms with van der Waals surface area (Å²) in [6.45, 7) is 2.02. The Morgan fingerprint density at radius 3 is 1.92 bits per heavy atom. The van der Waals surface area contributed by atoms with Gasteiger partial charge >= 0.3 is 0 Å². The van der Waals surface area contributed by atoms with Gasteiger partial charge in [0.05, 0.1) is 22.0 Å². The number of hydrogen-bond acceptors (Lipinski definition) is 7. The Balaban J connectivity index is 1.59. The van der Waals surface area contributed by atoms with E-state index in [2.05, 4.69) is 12.1 Å². The van der Waals surface area contributed by atoms with Gasteiger partial charge in [0.15, 0.2) is 0 Å². The van der Waals surface area contributed by atoms with Gasteiger partial charge in [-0.2, -0.15) is 10.2 Å². The van der Waals surface area contributed by atoms with Crippen LogP contribution < -0.4 is 10.0 Å². The summed E-state index contributed by atoms with van der Waals surface area (Å²) in [6.07, 6.45) is 0. The van der Waals surface area contributed by atoms with E-state index in [9.17, 15) is 10.1 Å². The number of rotatable bonds is 4. The fraction of sp³-hybridized carbons (Fsp3) is 0.0714. The molecule has 1 spiro atoms. The molecule has 1 atom stereocenters. The van der Waals surface area contributed by atoms with E-state index in [0.29, 0.717) is 0 Å². The minimum Gasteiger partial charge on any atom is -0.258 e. The molecule has 0 bridgehead atoms. The zero-order valence-corrected chi connectivity index (χ0v) is 20.2. The van der Waals surface area contributed by atoms with Crippen LogP contribution in [0, 0.1) is 10.1 Å². The Kier molecular flexibility index (Phi) is 5.30. The molecule has 8 heteroatoms. The number of fused-ring (bicyclic) bond motifs is 2. The summed E-state index contributed by atoms with van der Waals surface area (Å²) in [4.78, 5) is 9.98. The Morgan fingerprint density at radius 1 is 0.750 bits per heavy atom. The summed E-state index contributed by atoms with van der Waals surface area (Å²) in [7, 11) is 0. The molecule has 4 aromatic carbocycles. The molecule has 176 valence electrons. The van der Waals surface area contributed by atoms with Crippen molar-refractivity contribution in [2.75, 3.05) is 10.0 Å². The van der Waals surface area contributed by atoms with Crippen molar-refractivity contribution in [3.63, 3.8) is 0 Å². The van der Waals surface area contributed by atoms with Crippen LogP contribution in [0.1, 0.15) is 23.6 Å². The SMILES string of the molecule is CC1=NN(c2ccccc2)C2(SC(c3ccc([N+](=O)[O-])cc3)=NN2c2ccccc2)c2ccccc21. The molecule has 0 aromatic heterocycles. The van der Waals surface area contributed by atoms with E-state index >= 15 is 0 Å². The molecule has 4 aromatic rings. The minimum absolute atomic E-state index is 0.0473. The summed E-state index contributed by atoms with van der Waals surface area (Å²) in [6, 6.07) is 34.9. The van der Waals surface area contributed by atoms with E-state index in [1.807, 2.05) is 89.7 Å². The first-order valence-electron chi connectivity index (χ1n) is 11.5. The number of nitro benzene ring substituents is 1. The Morgan fingerprint density at radius 2 is 1.31 bits per heavy atom. The molecule has 0 saturated heterocycles. The van der Waals surface area contributed by atoms with E-state index in [1.165, 1.54) is 12.1 Å². The summed E-state index contributed by atoms with van der Waals surface area (Å²) in [5.41, 5.74) is 5.73. The summed E-state index contributed by atoms with van der Waals surface area (Å²) >= 11 is 1.58. The second-order valence-electron chi connectivity index (χ2n) is 8.45. The first-order valence-corrected chi connectivity index (χ1v) is 12.3. The quantitative estimate of drug-likeness (QED) is 0.239. The largest absolute Gasteiger partial charge is 0.269 e. The maximum atomic E-state index is 11.2. The Bertz CT molecular complexity index is 1510. The van der Waals surface area contributed by atoms with Crippen LogP contribution in [-0.4, -0.2) is 15.7 Å². The second-order valence-corrected chi connectivity index (χ2v) is 9.61. The number of hydrazone groups is 2. The third kappa shape index (κ3) is 3.46. The monoisotopic (exact) mass is 491 g/mol. The van der Waals surface area contributed by atoms with Gasteiger partial charge in [-0.25, -0.2) is 10.0 Å². The summed E-state index contributed by atoms with van der Waals surface area (Å²) in [5.74, 6) is 0. The van der Waals surface area contributed by atoms with Gasteiger partial charge in [0.1, 0.15) is 5.04 Å². The average molecular weight is 492 g/mol. The molecule has 0 N–H and O–H groups in total. The zero-order chi connectivity index (χ0) is 24.7. The predicted molar refractivity (Wildman–Crippen MR) is 145 cm³/mol. The first-order chi connectivity index (χ1) is 17.6. The molecule has 0 radical (unpaired) electrons. The smallest absolute Gasteiger partial charge is 0.258 e. The lowest BCUT2D eigenvalue weighted by atomic mass is 9.98. The molecular formula is C28H21N5O2S. The predicted octanol–water partition coefficient (Wildman–Crippen LogP) is 6.56. The standard InChI is InChI=1S/C28H21N5O2S/c1-20-25-14-8-9-15-26(25)28(31(29-20)22-10-4-2-5-11-22)32(23-12-6-3-7-13-23)30-27(36-28)21-16-18-24(19-17-21)33(34)35/h2-19H,1H3. The van der Waals surface area contributed by atoms with Crippen molar-refractivity contribution in [1.29, 1.82) is 0 Å². The number of hydrogen-bond donors (Lipinski definition) is 0. The third-order valence-electron chi connectivity index (χ3n) is 6.25. The molecule has 2 heterocycles. The molecule has 1 unspecified atom stereocenters. The number of nitrogens with zero attached hydrogens (tertiary/aromatic N) is 5. The molecule has 0 fully saturated rings. The number of anilines is 2. The molecule has 0 aliphatic carbocycles. The molecule has 6 rings (SSSR count). The van der Waals surface area contributed by atoms with Crippen LogP contribution >= 0.6 is 11.8 Å². The van der Waals surface area contributed by atoms with Crippen LogP contribution in [0.15, 0.2) is 119 Å². The minimum atomic E-state index is -0.851. The first kappa shape index (κ1) is 22.1. The second kappa shape index (κ2) is 8.66. The van der Waals surface area contributed by atoms with Gasteiger partial charge in [0.2, 0.25) is 4.99 Å². The van der Waals surface area contributed by atoms with Gasteiger partial charge in [-0.15, -0.1) is 0 Å². The van der Waals surface area contributed by atoms with Gasteiger partial charge in [-0.1, -0.05) is 60.7 Å². The summed E-state index contributed by atoms with van der Waals surface area (Å²) in [5, 5.41) is 26.2. The fourth-order valence-corrected chi connectivity index (χ4v) is 5.97. The van der Waals surface area contributed by atoms with Crippen LogP contribution in [-0.2, 0) is 4.99 Å². The molecule has 36 heavy (non-hydrogen) atoms. The van der Waals surface area contributed by atoms with Crippen molar-refractivity contribution in [2.24, 2.45) is 10.2 Å². The maximum Gasteiger partial charge on any atom is 0.269 e. The molecule has 7 nitrogen and oxygen atoms in total. The van der Waals surface area contributed by atoms with Crippen LogP contribution in [0.25, 0.3) is 0 Å². The lowest BCUT2D eigenvalue weighted by molar-refractivity contribution is -0.384. The molecule has 0 saturated carbocycles. The van der Waals surface area contributed by atoms with Crippen molar-refractivity contribution in [3.8, 4) is 0 Å². The van der Waals surface area contributed by atoms with E-state index < -0.39 is 9.92 Å². The lowest BCUT2D eigenvalue weighted by Gasteiger charge is -2.46. The van der Waals surface area contributed by atoms with Gasteiger partial charge in [0, 0.05) is 28.8 Å². The average Bonchev–Trinajstić information content (AvgIpc) is 3.33. The highest BCUT2D eigenvalue weighted by molar-refractivity contribution is 8.15. The molecule has 0 amide bonds. The molecular weight excluding hydrogens is 470 g/mol. The van der Waals surface area contributed by atoms with E-state index in [0.717, 1.165) is 38.8 Å². The number of nitro groups is 1. The van der Waals surface area contributed by atoms with Crippen LogP contribution in [0.3, 0.4) is 0 Å². The van der Waals surface area contributed by atoms with E-state index in [-0.39, 0.29) is 5.69 Å². The summed E-state index contributed by atoms with van der Waals surface area (Å²) < 4.78 is 0. The van der Waals surface area contributed by atoms with Gasteiger partial charge in [0.25, 0.3) is 5.69 Å². The number of para-hydroxylation sites is 2. The van der Waals surface area contributed by atoms with Crippen LogP contribution in [0.2, 0.25) is 0 Å². The van der Waals surface area contributed by atoms with Crippen LogP contribution in [0.4, 0.5) is 17.1 Å².